The van der Waals surface area contributed by atoms with Crippen LogP contribution in [0.3, 0.4) is 0 Å². The van der Waals surface area contributed by atoms with E-state index in [-0.39, 0.29) is 26.2 Å². The predicted molar refractivity (Wildman–Crippen MR) is 122 cm³/mol. The molecule has 2 aliphatic carbocycles. The molecule has 0 aromatic heterocycles. The molecule has 0 unspecified atom stereocenters. The van der Waals surface area contributed by atoms with Gasteiger partial charge in [0.2, 0.25) is 0 Å². The molecule has 0 aliphatic heterocycles. The topological polar surface area (TPSA) is 0 Å². The largest absolute Gasteiger partial charge is 0.0775 e. The number of rotatable bonds is 3. The molecule has 2 aliphatic rings. The zero-order valence-electron chi connectivity index (χ0n) is 17.8. The zero-order chi connectivity index (χ0) is 19.0. The van der Waals surface area contributed by atoms with Gasteiger partial charge in [0.25, 0.3) is 0 Å². The summed E-state index contributed by atoms with van der Waals surface area (Å²) in [6.07, 6.45) is 14.3. The van der Waals surface area contributed by atoms with Gasteiger partial charge in [0, 0.05) is 26.2 Å². The van der Waals surface area contributed by atoms with E-state index in [1.807, 2.05) is 0 Å². The van der Waals surface area contributed by atoms with Crippen LogP contribution in [0.15, 0.2) is 48.0 Å². The third kappa shape index (κ3) is 4.77. The van der Waals surface area contributed by atoms with E-state index in [0.29, 0.717) is 0 Å². The van der Waals surface area contributed by atoms with Crippen molar-refractivity contribution >= 4 is 25.4 Å². The average molecular weight is 464 g/mol. The van der Waals surface area contributed by atoms with Gasteiger partial charge in [-0.2, -0.15) is 0 Å². The Morgan fingerprint density at radius 1 is 0.893 bits per heavy atom. The maximum absolute atomic E-state index is 2.53. The van der Waals surface area contributed by atoms with Crippen LogP contribution in [0.1, 0.15) is 37.7 Å². The number of aryl methyl sites for hydroxylation is 1. The van der Waals surface area contributed by atoms with E-state index in [1.165, 1.54) is 70.0 Å². The van der Waals surface area contributed by atoms with Gasteiger partial charge in [0.05, 0.1) is 8.07 Å². The van der Waals surface area contributed by atoms with Crippen LogP contribution in [-0.2, 0) is 26.2 Å². The summed E-state index contributed by atoms with van der Waals surface area (Å²) in [7, 11) is -1.25. The van der Waals surface area contributed by atoms with Crippen LogP contribution in [0.25, 0.3) is 23.3 Å². The van der Waals surface area contributed by atoms with Crippen molar-refractivity contribution in [2.75, 3.05) is 0 Å². The van der Waals surface area contributed by atoms with Gasteiger partial charge in [-0.3, -0.25) is 0 Å². The summed E-state index contributed by atoms with van der Waals surface area (Å²) in [5, 5.41) is 4.33. The van der Waals surface area contributed by atoms with Crippen molar-refractivity contribution in [3.63, 3.8) is 0 Å². The molecular weight excluding hydrogens is 432 g/mol. The van der Waals surface area contributed by atoms with Crippen molar-refractivity contribution in [1.82, 2.24) is 0 Å². The SMILES string of the molecule is Cc1cc(-c2ccc([Si](C)(C)C)cc2)c2c(c1)=CC(=CC1CCCCC1)C=2.[Zr]. The fourth-order valence-corrected chi connectivity index (χ4v) is 5.72. The van der Waals surface area contributed by atoms with Crippen LogP contribution < -0.4 is 15.6 Å². The summed E-state index contributed by atoms with van der Waals surface area (Å²) in [5.41, 5.74) is 5.50. The summed E-state index contributed by atoms with van der Waals surface area (Å²) in [6.45, 7) is 9.46. The van der Waals surface area contributed by atoms with Crippen LogP contribution in [0, 0.1) is 12.8 Å². The Morgan fingerprint density at radius 3 is 2.21 bits per heavy atom. The number of hydrogen-bond donors (Lipinski definition) is 0. The monoisotopic (exact) mass is 462 g/mol. The molecule has 0 N–H and O–H groups in total. The van der Waals surface area contributed by atoms with Crippen molar-refractivity contribution < 1.29 is 26.2 Å². The fraction of sp³-hybridized carbons (Fsp3) is 0.385. The number of hydrogen-bond acceptors (Lipinski definition) is 0. The van der Waals surface area contributed by atoms with Crippen LogP contribution >= 0.6 is 0 Å². The molecule has 1 fully saturated rings. The van der Waals surface area contributed by atoms with E-state index in [0.717, 1.165) is 5.92 Å². The molecule has 0 spiro atoms. The number of allylic oxidation sites excluding steroid dienone is 2. The van der Waals surface area contributed by atoms with Crippen LogP contribution in [0.4, 0.5) is 0 Å². The van der Waals surface area contributed by atoms with Crippen LogP contribution in [0.2, 0.25) is 19.6 Å². The molecule has 4 rings (SSSR count). The van der Waals surface area contributed by atoms with E-state index in [1.54, 1.807) is 0 Å². The number of fused-ring (bicyclic) bond motifs is 1. The van der Waals surface area contributed by atoms with Crippen molar-refractivity contribution in [2.24, 2.45) is 5.92 Å². The van der Waals surface area contributed by atoms with E-state index in [9.17, 15) is 0 Å². The summed E-state index contributed by atoms with van der Waals surface area (Å²) < 4.78 is 0. The molecular formula is C26H32SiZr. The first-order chi connectivity index (χ1) is 12.9. The summed E-state index contributed by atoms with van der Waals surface area (Å²) in [4.78, 5) is 0. The first-order valence-electron chi connectivity index (χ1n) is 10.6. The summed E-state index contributed by atoms with van der Waals surface area (Å²) in [5.74, 6) is 0.774. The molecule has 2 heteroatoms. The van der Waals surface area contributed by atoms with Crippen LogP contribution in [0.5, 0.6) is 0 Å². The Morgan fingerprint density at radius 2 is 1.57 bits per heavy atom. The molecule has 28 heavy (non-hydrogen) atoms. The van der Waals surface area contributed by atoms with Crippen molar-refractivity contribution in [3.05, 3.63) is 64.0 Å². The minimum atomic E-state index is -1.25. The second kappa shape index (κ2) is 8.80. The summed E-state index contributed by atoms with van der Waals surface area (Å²) >= 11 is 0. The van der Waals surface area contributed by atoms with Crippen molar-refractivity contribution in [2.45, 2.75) is 58.7 Å². The normalized spacial score (nSPS) is 18.2. The fourth-order valence-electron chi connectivity index (χ4n) is 4.55. The summed E-state index contributed by atoms with van der Waals surface area (Å²) in [6, 6.07) is 14.1. The van der Waals surface area contributed by atoms with Gasteiger partial charge in [0.1, 0.15) is 0 Å². The first kappa shape index (κ1) is 21.7. The second-order valence-electron chi connectivity index (χ2n) is 9.50. The van der Waals surface area contributed by atoms with Gasteiger partial charge >= 0.3 is 0 Å². The van der Waals surface area contributed by atoms with Gasteiger partial charge in [-0.25, -0.2) is 0 Å². The first-order valence-corrected chi connectivity index (χ1v) is 14.1. The zero-order valence-corrected chi connectivity index (χ0v) is 21.3. The van der Waals surface area contributed by atoms with Gasteiger partial charge in [0.15, 0.2) is 0 Å². The molecule has 0 atom stereocenters. The second-order valence-corrected chi connectivity index (χ2v) is 14.6. The van der Waals surface area contributed by atoms with E-state index in [4.69, 9.17) is 0 Å². The predicted octanol–water partition coefficient (Wildman–Crippen LogP) is 5.29. The van der Waals surface area contributed by atoms with Crippen molar-refractivity contribution in [1.29, 1.82) is 0 Å². The van der Waals surface area contributed by atoms with Gasteiger partial charge in [-0.15, -0.1) is 0 Å². The molecule has 0 bridgehead atoms. The van der Waals surface area contributed by atoms with E-state index >= 15 is 0 Å². The quantitative estimate of drug-likeness (QED) is 0.543. The molecule has 0 heterocycles. The van der Waals surface area contributed by atoms with Crippen molar-refractivity contribution in [3.8, 4) is 11.1 Å². The standard InChI is InChI=1S/C26H32Si.Zr/c1-19-14-23-17-21(16-20-8-6-5-7-9-20)18-26(23)25(15-19)22-10-12-24(13-11-22)27(2,3)4;/h10-18,20H,5-9H2,1-4H3;. The smallest absolute Gasteiger partial charge is 0.0741 e. The number of benzene rings is 2. The Balaban J connectivity index is 0.00000225. The van der Waals surface area contributed by atoms with Crippen LogP contribution in [-0.4, -0.2) is 8.07 Å². The molecule has 0 nitrogen and oxygen atoms in total. The van der Waals surface area contributed by atoms with E-state index < -0.39 is 8.07 Å². The maximum Gasteiger partial charge on any atom is 0.0775 e. The van der Waals surface area contributed by atoms with Gasteiger partial charge in [-0.05, 0) is 70.5 Å². The average Bonchev–Trinajstić information content (AvgIpc) is 3.03. The van der Waals surface area contributed by atoms with Gasteiger partial charge in [-0.1, -0.05) is 86.6 Å². The minimum Gasteiger partial charge on any atom is -0.0741 e. The Bertz CT molecular complexity index is 984. The third-order valence-electron chi connectivity index (χ3n) is 6.13. The Labute approximate surface area is 190 Å². The molecule has 0 amide bonds. The molecule has 0 radical (unpaired) electrons. The molecule has 2 aromatic carbocycles. The third-order valence-corrected chi connectivity index (χ3v) is 8.19. The Hall–Kier alpha value is -0.980. The maximum atomic E-state index is 2.53. The Kier molecular flexibility index (Phi) is 6.83. The molecule has 0 saturated heterocycles. The van der Waals surface area contributed by atoms with E-state index in [2.05, 4.69) is 81.2 Å². The molecule has 144 valence electrons. The molecule has 1 saturated carbocycles. The molecule has 2 aromatic rings. The van der Waals surface area contributed by atoms with Gasteiger partial charge < -0.3 is 0 Å². The minimum absolute atomic E-state index is 0.